The van der Waals surface area contributed by atoms with Crippen molar-refractivity contribution < 1.29 is 4.79 Å². The van der Waals surface area contributed by atoms with E-state index in [9.17, 15) is 4.79 Å². The summed E-state index contributed by atoms with van der Waals surface area (Å²) >= 11 is 1.67. The van der Waals surface area contributed by atoms with Crippen LogP contribution in [0.25, 0.3) is 11.0 Å². The summed E-state index contributed by atoms with van der Waals surface area (Å²) in [4.78, 5) is 18.6. The Labute approximate surface area is 151 Å². The molecule has 0 aliphatic heterocycles. The van der Waals surface area contributed by atoms with Crippen LogP contribution in [0.3, 0.4) is 0 Å². The first-order valence-corrected chi connectivity index (χ1v) is 9.93. The highest BCUT2D eigenvalue weighted by Gasteiger charge is 2.23. The molecule has 1 fully saturated rings. The fourth-order valence-electron chi connectivity index (χ4n) is 3.73. The van der Waals surface area contributed by atoms with Gasteiger partial charge in [0.2, 0.25) is 5.91 Å². The molecule has 1 aromatic carbocycles. The Kier molecular flexibility index (Phi) is 4.83. The molecule has 0 atom stereocenters. The minimum atomic E-state index is 0.0496. The number of thiophene rings is 1. The Hall–Kier alpha value is -2.14. The standard InChI is InChI=1S/C20H23N3OS/c24-19(21-13-16-9-6-12-25-16)14-23-18-11-5-4-10-17(18)22-20(23)15-7-2-1-3-8-15/h4-6,9-12,15H,1-3,7-8,13-14H2,(H,21,24). The van der Waals surface area contributed by atoms with Crippen LogP contribution in [-0.4, -0.2) is 15.5 Å². The first-order chi connectivity index (χ1) is 12.3. The molecule has 2 heterocycles. The maximum Gasteiger partial charge on any atom is 0.240 e. The van der Waals surface area contributed by atoms with E-state index in [1.165, 1.54) is 37.0 Å². The molecular formula is C20H23N3OS. The van der Waals surface area contributed by atoms with Gasteiger partial charge < -0.3 is 9.88 Å². The summed E-state index contributed by atoms with van der Waals surface area (Å²) in [6.45, 7) is 0.944. The Morgan fingerprint density at radius 3 is 2.80 bits per heavy atom. The van der Waals surface area contributed by atoms with E-state index in [1.54, 1.807) is 11.3 Å². The number of amides is 1. The summed E-state index contributed by atoms with van der Waals surface area (Å²) < 4.78 is 2.13. The molecule has 0 saturated heterocycles. The van der Waals surface area contributed by atoms with Gasteiger partial charge in [0.25, 0.3) is 0 Å². The number of rotatable bonds is 5. The van der Waals surface area contributed by atoms with E-state index in [4.69, 9.17) is 4.98 Å². The molecule has 0 unspecified atom stereocenters. The number of benzene rings is 1. The Morgan fingerprint density at radius 2 is 2.00 bits per heavy atom. The number of nitrogens with one attached hydrogen (secondary N) is 1. The van der Waals surface area contributed by atoms with E-state index in [1.807, 2.05) is 35.7 Å². The van der Waals surface area contributed by atoms with E-state index < -0.39 is 0 Å². The summed E-state index contributed by atoms with van der Waals surface area (Å²) in [5, 5.41) is 5.07. The number of aromatic nitrogens is 2. The first kappa shape index (κ1) is 16.3. The van der Waals surface area contributed by atoms with Crippen LogP contribution in [-0.2, 0) is 17.9 Å². The lowest BCUT2D eigenvalue weighted by Gasteiger charge is -2.22. The SMILES string of the molecule is O=C(Cn1c(C2CCCCC2)nc2ccccc21)NCc1cccs1. The zero-order chi connectivity index (χ0) is 17.1. The van der Waals surface area contributed by atoms with Gasteiger partial charge in [-0.3, -0.25) is 4.79 Å². The van der Waals surface area contributed by atoms with Gasteiger partial charge in [-0.05, 0) is 36.4 Å². The molecule has 4 nitrogen and oxygen atoms in total. The lowest BCUT2D eigenvalue weighted by atomic mass is 9.88. The van der Waals surface area contributed by atoms with Crippen molar-refractivity contribution in [2.45, 2.75) is 51.1 Å². The van der Waals surface area contributed by atoms with E-state index in [2.05, 4.69) is 16.0 Å². The first-order valence-electron chi connectivity index (χ1n) is 9.05. The number of hydrogen-bond donors (Lipinski definition) is 1. The molecule has 1 aliphatic carbocycles. The average Bonchev–Trinajstić information content (AvgIpc) is 3.29. The number of carbonyl (C=O) groups is 1. The zero-order valence-corrected chi connectivity index (χ0v) is 15.1. The Balaban J connectivity index is 1.57. The summed E-state index contributed by atoms with van der Waals surface area (Å²) in [6, 6.07) is 12.2. The fraction of sp³-hybridized carbons (Fsp3) is 0.400. The molecule has 0 spiro atoms. The third-order valence-corrected chi connectivity index (χ3v) is 5.87. The lowest BCUT2D eigenvalue weighted by molar-refractivity contribution is -0.121. The Morgan fingerprint density at radius 1 is 1.16 bits per heavy atom. The van der Waals surface area contributed by atoms with Crippen LogP contribution in [0, 0.1) is 0 Å². The number of carbonyl (C=O) groups excluding carboxylic acids is 1. The summed E-state index contributed by atoms with van der Waals surface area (Å²) in [5.74, 6) is 1.62. The van der Waals surface area contributed by atoms with Crippen molar-refractivity contribution in [3.8, 4) is 0 Å². The largest absolute Gasteiger partial charge is 0.350 e. The van der Waals surface area contributed by atoms with Crippen LogP contribution in [0.4, 0.5) is 0 Å². The number of nitrogens with zero attached hydrogens (tertiary/aromatic N) is 2. The highest BCUT2D eigenvalue weighted by atomic mass is 32.1. The number of fused-ring (bicyclic) bond motifs is 1. The maximum atomic E-state index is 12.5. The van der Waals surface area contributed by atoms with Gasteiger partial charge in [-0.15, -0.1) is 11.3 Å². The topological polar surface area (TPSA) is 46.9 Å². The van der Waals surface area contributed by atoms with Crippen LogP contribution in [0.5, 0.6) is 0 Å². The van der Waals surface area contributed by atoms with Crippen LogP contribution >= 0.6 is 11.3 Å². The predicted molar refractivity (Wildman–Crippen MR) is 102 cm³/mol. The molecule has 2 aromatic heterocycles. The van der Waals surface area contributed by atoms with E-state index in [-0.39, 0.29) is 5.91 Å². The molecule has 3 aromatic rings. The molecule has 1 amide bonds. The fourth-order valence-corrected chi connectivity index (χ4v) is 4.38. The molecule has 0 bridgehead atoms. The highest BCUT2D eigenvalue weighted by Crippen LogP contribution is 2.33. The normalized spacial score (nSPS) is 15.5. The van der Waals surface area contributed by atoms with Gasteiger partial charge in [-0.2, -0.15) is 0 Å². The minimum absolute atomic E-state index is 0.0496. The number of hydrogen-bond acceptors (Lipinski definition) is 3. The van der Waals surface area contributed by atoms with Crippen LogP contribution in [0.15, 0.2) is 41.8 Å². The van der Waals surface area contributed by atoms with Crippen molar-refractivity contribution in [1.29, 1.82) is 0 Å². The van der Waals surface area contributed by atoms with Crippen molar-refractivity contribution >= 4 is 28.3 Å². The molecular weight excluding hydrogens is 330 g/mol. The van der Waals surface area contributed by atoms with Gasteiger partial charge in [-0.1, -0.05) is 37.5 Å². The number of imidazole rings is 1. The zero-order valence-electron chi connectivity index (χ0n) is 14.3. The van der Waals surface area contributed by atoms with Gasteiger partial charge in [0.15, 0.2) is 0 Å². The van der Waals surface area contributed by atoms with Crippen LogP contribution in [0.2, 0.25) is 0 Å². The third-order valence-electron chi connectivity index (χ3n) is 5.00. The van der Waals surface area contributed by atoms with Crippen molar-refractivity contribution in [2.75, 3.05) is 0 Å². The van der Waals surface area contributed by atoms with Gasteiger partial charge in [-0.25, -0.2) is 4.98 Å². The van der Waals surface area contributed by atoms with E-state index in [0.29, 0.717) is 19.0 Å². The van der Waals surface area contributed by atoms with Crippen molar-refractivity contribution in [2.24, 2.45) is 0 Å². The summed E-state index contributed by atoms with van der Waals surface area (Å²) in [5.41, 5.74) is 2.06. The van der Waals surface area contributed by atoms with Crippen LogP contribution in [0.1, 0.15) is 48.7 Å². The second-order valence-corrected chi connectivity index (χ2v) is 7.77. The third kappa shape index (κ3) is 3.61. The van der Waals surface area contributed by atoms with Gasteiger partial charge in [0, 0.05) is 10.8 Å². The second-order valence-electron chi connectivity index (χ2n) is 6.74. The molecule has 25 heavy (non-hydrogen) atoms. The van der Waals surface area contributed by atoms with Crippen molar-refractivity contribution in [3.63, 3.8) is 0 Å². The Bertz CT molecular complexity index is 847. The monoisotopic (exact) mass is 353 g/mol. The summed E-state index contributed by atoms with van der Waals surface area (Å²) in [7, 11) is 0. The molecule has 1 aliphatic rings. The molecule has 130 valence electrons. The number of para-hydroxylation sites is 2. The molecule has 0 radical (unpaired) electrons. The minimum Gasteiger partial charge on any atom is -0.350 e. The van der Waals surface area contributed by atoms with E-state index in [0.717, 1.165) is 16.9 Å². The molecule has 5 heteroatoms. The molecule has 1 N–H and O–H groups in total. The van der Waals surface area contributed by atoms with Gasteiger partial charge in [0.1, 0.15) is 12.4 Å². The van der Waals surface area contributed by atoms with Crippen LogP contribution < -0.4 is 5.32 Å². The second kappa shape index (κ2) is 7.40. The highest BCUT2D eigenvalue weighted by molar-refractivity contribution is 7.09. The predicted octanol–water partition coefficient (Wildman–Crippen LogP) is 4.46. The maximum absolute atomic E-state index is 12.5. The summed E-state index contributed by atoms with van der Waals surface area (Å²) in [6.07, 6.45) is 6.20. The quantitative estimate of drug-likeness (QED) is 0.736. The lowest BCUT2D eigenvalue weighted by Crippen LogP contribution is -2.28. The van der Waals surface area contributed by atoms with Gasteiger partial charge in [0.05, 0.1) is 17.6 Å². The van der Waals surface area contributed by atoms with Crippen molar-refractivity contribution in [3.05, 3.63) is 52.5 Å². The molecule has 1 saturated carbocycles. The molecule has 4 rings (SSSR count). The van der Waals surface area contributed by atoms with E-state index >= 15 is 0 Å². The average molecular weight is 353 g/mol. The smallest absolute Gasteiger partial charge is 0.240 e. The van der Waals surface area contributed by atoms with Crippen molar-refractivity contribution in [1.82, 2.24) is 14.9 Å². The van der Waals surface area contributed by atoms with Gasteiger partial charge >= 0.3 is 0 Å².